The molecule has 4 N–H and O–H groups in total. The average Bonchev–Trinajstić information content (AvgIpc) is 4.02. The number of phosphoric acid groups is 1. The third-order valence-corrected chi connectivity index (χ3v) is 18.1. The third kappa shape index (κ3) is 9.85. The molecule has 0 saturated carbocycles. The van der Waals surface area contributed by atoms with Crippen LogP contribution in [0.15, 0.2) is 61.1 Å². The van der Waals surface area contributed by atoms with Gasteiger partial charge in [-0.05, 0) is 138 Å². The second kappa shape index (κ2) is 21.2. The SMILES string of the molecule is [2H]C([2H])([2H])Oc1ncc(-c2ccnc(N3CCc4c(sc5c4CCCC5)C3=O)c2[C@@H](C)O)cc1Nc1ccc(N2CCN(C3CCN(c4ccc5c(c4)C(=O)N([C@H]4CCC(=O)N(C(C)OP(=O)(O)O)C4=O)C5=O)[C@@H](C)C3)C[C@@H]2C)cn1. The number of pyridine rings is 3. The van der Waals surface area contributed by atoms with Gasteiger partial charge in [0.1, 0.15) is 29.6 Å². The van der Waals surface area contributed by atoms with Crippen LogP contribution in [0.1, 0.15) is 128 Å². The first kappa shape index (κ1) is 49.6. The molecular weight excluding hydrogens is 1040 g/mol. The molecule has 6 aliphatic rings. The maximum Gasteiger partial charge on any atom is 0.471 e. The number of aromatic nitrogens is 3. The van der Waals surface area contributed by atoms with Crippen LogP contribution in [0, 0.1) is 0 Å². The fourth-order valence-electron chi connectivity index (χ4n) is 12.5. The minimum absolute atomic E-state index is 0.0625. The number of methoxy groups -OCH3 is 1. The van der Waals surface area contributed by atoms with Crippen molar-refractivity contribution < 1.29 is 56.8 Å². The summed E-state index contributed by atoms with van der Waals surface area (Å²) in [5.74, 6) is -2.61. The lowest BCUT2D eigenvalue weighted by Crippen LogP contribution is -2.58. The number of amides is 5. The van der Waals surface area contributed by atoms with E-state index in [-0.39, 0.29) is 59.6 Å². The average molecular weight is 1110 g/mol. The minimum atomic E-state index is -5.08. The number of carbonyl (C=O) groups excluding carboxylic acids is 5. The predicted octanol–water partition coefficient (Wildman–Crippen LogP) is 6.62. The molecule has 78 heavy (non-hydrogen) atoms. The first-order valence-electron chi connectivity index (χ1n) is 28.0. The van der Waals surface area contributed by atoms with Gasteiger partial charge in [-0.25, -0.2) is 19.5 Å². The van der Waals surface area contributed by atoms with Crippen molar-refractivity contribution in [2.24, 2.45) is 0 Å². The van der Waals surface area contributed by atoms with Gasteiger partial charge in [0, 0.05) is 91.4 Å². The standard InChI is InChI=1S/C55H63N10O11PS/c1-30-24-35(17-20-61(30)36-10-12-41-42(26-36)53(69)65(52(41)68)44-13-15-47(67)64(54(44)70)33(4)76-77(72,73)74)60-22-23-62(31(2)29-60)37-11-14-46(57-28-37)59-43-25-34(27-58-51(43)75-5)38-16-19-56-50(48(38)32(3)66)63-21-18-40-39-8-6-7-9-45(39)78-49(40)55(63)71/h10-12,14,16,19,25-28,30-33,35,44,66H,6-9,13,15,17-18,20-24,29H2,1-5H3,(H,57,59)(H2,72,73,74)/t30-,31-,32+,33?,35?,44-/m0/s1/i5D3. The lowest BCUT2D eigenvalue weighted by molar-refractivity contribution is -0.161. The van der Waals surface area contributed by atoms with E-state index in [9.17, 15) is 43.4 Å². The summed E-state index contributed by atoms with van der Waals surface area (Å²) in [7, 11) is -7.90. The minimum Gasteiger partial charge on any atom is -0.480 e. The van der Waals surface area contributed by atoms with Crippen LogP contribution in [0.5, 0.6) is 5.88 Å². The van der Waals surface area contributed by atoms with Crippen LogP contribution in [0.3, 0.4) is 0 Å². The molecule has 21 nitrogen and oxygen atoms in total. The van der Waals surface area contributed by atoms with E-state index in [1.807, 2.05) is 12.1 Å². The maximum absolute atomic E-state index is 14.2. The molecule has 5 aromatic rings. The van der Waals surface area contributed by atoms with E-state index in [4.69, 9.17) is 13.8 Å². The largest absolute Gasteiger partial charge is 0.480 e. The molecule has 1 aromatic carbocycles. The Morgan fingerprint density at radius 2 is 1.59 bits per heavy atom. The zero-order chi connectivity index (χ0) is 57.4. The van der Waals surface area contributed by atoms with Crippen LogP contribution in [-0.4, -0.2) is 144 Å². The molecule has 2 unspecified atom stereocenters. The summed E-state index contributed by atoms with van der Waals surface area (Å²) < 4.78 is 45.2. The number of imide groups is 2. The second-order valence-corrected chi connectivity index (χ2v) is 23.3. The van der Waals surface area contributed by atoms with E-state index in [0.29, 0.717) is 52.7 Å². The highest BCUT2D eigenvalue weighted by Crippen LogP contribution is 2.44. The van der Waals surface area contributed by atoms with Crippen LogP contribution >= 0.6 is 19.2 Å². The summed E-state index contributed by atoms with van der Waals surface area (Å²) in [5.41, 5.74) is 6.14. The van der Waals surface area contributed by atoms with Gasteiger partial charge in [0.2, 0.25) is 11.8 Å². The van der Waals surface area contributed by atoms with Crippen molar-refractivity contribution in [2.45, 2.75) is 122 Å². The highest BCUT2D eigenvalue weighted by atomic mass is 32.1. The number of anilines is 5. The molecule has 23 heteroatoms. The Kier molecular flexibility index (Phi) is 13.5. The molecule has 6 atom stereocenters. The van der Waals surface area contributed by atoms with E-state index < -0.39 is 56.9 Å². The molecule has 11 rings (SSSR count). The van der Waals surface area contributed by atoms with Crippen LogP contribution in [0.4, 0.5) is 28.7 Å². The summed E-state index contributed by atoms with van der Waals surface area (Å²) in [5, 5.41) is 14.6. The number of hydrogen-bond acceptors (Lipinski definition) is 17. The number of ether oxygens (including phenoxy) is 1. The summed E-state index contributed by atoms with van der Waals surface area (Å²) in [6.07, 6.45) is 8.39. The number of aryl methyl sites for hydroxylation is 1. The molecule has 0 spiro atoms. The molecule has 410 valence electrons. The van der Waals surface area contributed by atoms with Gasteiger partial charge in [0.25, 0.3) is 23.6 Å². The topological polar surface area (TPSA) is 252 Å². The van der Waals surface area contributed by atoms with Gasteiger partial charge in [-0.2, -0.15) is 0 Å². The summed E-state index contributed by atoms with van der Waals surface area (Å²) in [6.45, 7) is 10.5. The molecule has 5 aliphatic heterocycles. The number of benzene rings is 1. The van der Waals surface area contributed by atoms with E-state index in [0.717, 1.165) is 91.8 Å². The summed E-state index contributed by atoms with van der Waals surface area (Å²) in [4.78, 5) is 113. The van der Waals surface area contributed by atoms with Crippen molar-refractivity contribution >= 4 is 77.4 Å². The fraction of sp³-hybridized carbons (Fsp3) is 0.455. The van der Waals surface area contributed by atoms with Crippen LogP contribution in [0.25, 0.3) is 11.1 Å². The van der Waals surface area contributed by atoms with Crippen molar-refractivity contribution in [1.29, 1.82) is 0 Å². The van der Waals surface area contributed by atoms with Crippen LogP contribution < -0.4 is 24.8 Å². The van der Waals surface area contributed by atoms with Gasteiger partial charge in [0.15, 0.2) is 0 Å². The quantitative estimate of drug-likeness (QED) is 0.0714. The van der Waals surface area contributed by atoms with Gasteiger partial charge in [-0.3, -0.25) is 48.1 Å². The number of aliphatic hydroxyl groups excluding tert-OH is 1. The number of carbonyl (C=O) groups is 5. The van der Waals surface area contributed by atoms with Crippen molar-refractivity contribution in [1.82, 2.24) is 29.7 Å². The smallest absolute Gasteiger partial charge is 0.471 e. The molecule has 4 aromatic heterocycles. The van der Waals surface area contributed by atoms with Gasteiger partial charge in [0.05, 0.1) is 45.1 Å². The molecule has 3 fully saturated rings. The fourth-order valence-corrected chi connectivity index (χ4v) is 14.4. The van der Waals surface area contributed by atoms with E-state index in [1.54, 1.807) is 65.9 Å². The Balaban J connectivity index is 0.737. The number of nitrogens with one attached hydrogen (secondary N) is 1. The van der Waals surface area contributed by atoms with Crippen LogP contribution in [0.2, 0.25) is 0 Å². The van der Waals surface area contributed by atoms with Gasteiger partial charge < -0.3 is 34.7 Å². The van der Waals surface area contributed by atoms with Crippen LogP contribution in [-0.2, 0) is 37.9 Å². The number of piperazine rings is 1. The number of nitrogens with zero attached hydrogens (tertiary/aromatic N) is 9. The number of aliphatic hydroxyl groups is 1. The van der Waals surface area contributed by atoms with Gasteiger partial charge >= 0.3 is 7.82 Å². The predicted molar refractivity (Wildman–Crippen MR) is 291 cm³/mol. The van der Waals surface area contributed by atoms with E-state index >= 15 is 0 Å². The molecule has 0 radical (unpaired) electrons. The lowest BCUT2D eigenvalue weighted by Gasteiger charge is -2.48. The molecular formula is C55H63N10O11PS. The Bertz CT molecular complexity index is 3400. The number of likely N-dealkylation sites (tertiary alicyclic amines) is 1. The zero-order valence-corrected chi connectivity index (χ0v) is 45.3. The Labute approximate surface area is 459 Å². The number of hydrogen-bond donors (Lipinski definition) is 4. The van der Waals surface area contributed by atoms with Crippen molar-refractivity contribution in [3.05, 3.63) is 98.6 Å². The maximum atomic E-state index is 14.2. The summed E-state index contributed by atoms with van der Waals surface area (Å²) >= 11 is 1.58. The molecule has 0 bridgehead atoms. The Morgan fingerprint density at radius 1 is 0.808 bits per heavy atom. The molecule has 1 aliphatic carbocycles. The lowest BCUT2D eigenvalue weighted by atomic mass is 9.91. The monoisotopic (exact) mass is 1110 g/mol. The highest BCUT2D eigenvalue weighted by Gasteiger charge is 2.49. The van der Waals surface area contributed by atoms with Crippen molar-refractivity contribution in [3.8, 4) is 17.0 Å². The Hall–Kier alpha value is -6.65. The van der Waals surface area contributed by atoms with Crippen molar-refractivity contribution in [2.75, 3.05) is 59.8 Å². The number of phosphoric ester groups is 1. The zero-order valence-electron chi connectivity index (χ0n) is 46.6. The highest BCUT2D eigenvalue weighted by molar-refractivity contribution is 7.46. The number of fused-ring (bicyclic) bond motifs is 4. The number of piperidine rings is 2. The molecule has 3 saturated heterocycles. The Morgan fingerprint density at radius 3 is 2.33 bits per heavy atom. The normalized spacial score (nSPS) is 23.6. The van der Waals surface area contributed by atoms with Gasteiger partial charge in [-0.1, -0.05) is 0 Å². The molecule has 9 heterocycles. The first-order valence-corrected chi connectivity index (χ1v) is 28.8. The third-order valence-electron chi connectivity index (χ3n) is 16.2. The van der Waals surface area contributed by atoms with Gasteiger partial charge in [-0.15, -0.1) is 11.3 Å². The van der Waals surface area contributed by atoms with E-state index in [1.165, 1.54) is 16.6 Å². The summed E-state index contributed by atoms with van der Waals surface area (Å²) in [6, 6.07) is 11.3. The van der Waals surface area contributed by atoms with Crippen molar-refractivity contribution in [3.63, 3.8) is 0 Å². The number of thiophene rings is 1. The molecule has 5 amide bonds. The number of rotatable bonds is 13. The first-order chi connectivity index (χ1) is 38.5. The van der Waals surface area contributed by atoms with E-state index in [2.05, 4.69) is 48.4 Å². The second-order valence-electron chi connectivity index (χ2n) is 21.0.